The molecule has 0 bridgehead atoms. The number of hydrazine groups is 1. The molecule has 1 aromatic carbocycles. The Hall–Kier alpha value is -1.60. The molecular formula is C12H18N2O4S. The van der Waals surface area contributed by atoms with E-state index in [9.17, 15) is 13.2 Å². The quantitative estimate of drug-likeness (QED) is 0.808. The molecule has 106 valence electrons. The van der Waals surface area contributed by atoms with Crippen LogP contribution in [-0.4, -0.2) is 21.6 Å². The summed E-state index contributed by atoms with van der Waals surface area (Å²) >= 11 is 0. The zero-order chi connectivity index (χ0) is 14.5. The van der Waals surface area contributed by atoms with Crippen LogP contribution in [0.2, 0.25) is 0 Å². The normalized spacial score (nSPS) is 12.8. The van der Waals surface area contributed by atoms with E-state index in [4.69, 9.17) is 0 Å². The van der Waals surface area contributed by atoms with Crippen LogP contribution in [0, 0.1) is 0 Å². The van der Waals surface area contributed by atoms with Gasteiger partial charge in [0.1, 0.15) is 0 Å². The van der Waals surface area contributed by atoms with Crippen molar-refractivity contribution in [2.45, 2.75) is 31.1 Å². The van der Waals surface area contributed by atoms with Gasteiger partial charge in [0.2, 0.25) is 0 Å². The van der Waals surface area contributed by atoms with Gasteiger partial charge in [-0.25, -0.2) is 18.6 Å². The van der Waals surface area contributed by atoms with Crippen molar-refractivity contribution in [3.63, 3.8) is 0 Å². The molecule has 0 fully saturated rings. The van der Waals surface area contributed by atoms with Crippen molar-refractivity contribution in [3.8, 4) is 0 Å². The molecule has 1 amide bonds. The van der Waals surface area contributed by atoms with Crippen molar-refractivity contribution in [1.82, 2.24) is 10.3 Å². The minimum Gasteiger partial charge on any atom is -0.452 e. The van der Waals surface area contributed by atoms with E-state index >= 15 is 0 Å². The lowest BCUT2D eigenvalue weighted by molar-refractivity contribution is 0.169. The Labute approximate surface area is 113 Å². The van der Waals surface area contributed by atoms with E-state index in [-0.39, 0.29) is 4.90 Å². The topological polar surface area (TPSA) is 84.5 Å². The summed E-state index contributed by atoms with van der Waals surface area (Å²) in [6.07, 6.45) is 0.105. The Morgan fingerprint density at radius 3 is 2.37 bits per heavy atom. The zero-order valence-corrected chi connectivity index (χ0v) is 12.0. The molecule has 19 heavy (non-hydrogen) atoms. The third kappa shape index (κ3) is 4.22. The third-order valence-corrected chi connectivity index (χ3v) is 4.11. The summed E-state index contributed by atoms with van der Waals surface area (Å²) < 4.78 is 27.9. The summed E-state index contributed by atoms with van der Waals surface area (Å²) in [5.74, 6) is 0.373. The zero-order valence-electron chi connectivity index (χ0n) is 11.1. The predicted molar refractivity (Wildman–Crippen MR) is 71.0 cm³/mol. The predicted octanol–water partition coefficient (Wildman–Crippen LogP) is 1.75. The van der Waals surface area contributed by atoms with E-state index in [1.807, 2.05) is 10.3 Å². The average molecular weight is 286 g/mol. The van der Waals surface area contributed by atoms with Crippen LogP contribution in [0.25, 0.3) is 0 Å². The molecule has 7 heteroatoms. The van der Waals surface area contributed by atoms with Gasteiger partial charge in [-0.1, -0.05) is 26.0 Å². The number of hydrogen-bond acceptors (Lipinski definition) is 4. The van der Waals surface area contributed by atoms with Crippen molar-refractivity contribution in [1.29, 1.82) is 0 Å². The second kappa shape index (κ2) is 6.53. The van der Waals surface area contributed by atoms with E-state index in [1.54, 1.807) is 12.1 Å². The Morgan fingerprint density at radius 2 is 1.89 bits per heavy atom. The molecule has 0 aromatic heterocycles. The molecule has 0 saturated carbocycles. The molecule has 0 saturated heterocycles. The van der Waals surface area contributed by atoms with Crippen molar-refractivity contribution >= 4 is 16.1 Å². The highest BCUT2D eigenvalue weighted by molar-refractivity contribution is 7.89. The lowest BCUT2D eigenvalue weighted by Crippen LogP contribution is -2.41. The molecule has 0 spiro atoms. The number of sulfonamides is 1. The van der Waals surface area contributed by atoms with Crippen molar-refractivity contribution in [2.75, 3.05) is 7.11 Å². The van der Waals surface area contributed by atoms with Gasteiger partial charge in [-0.2, -0.15) is 0 Å². The first kappa shape index (κ1) is 15.5. The van der Waals surface area contributed by atoms with Crippen LogP contribution < -0.4 is 10.3 Å². The maximum Gasteiger partial charge on any atom is 0.422 e. The highest BCUT2D eigenvalue weighted by atomic mass is 32.2. The van der Waals surface area contributed by atoms with Crippen LogP contribution in [0.4, 0.5) is 4.79 Å². The summed E-state index contributed by atoms with van der Waals surface area (Å²) in [5.41, 5.74) is 2.99. The van der Waals surface area contributed by atoms with Crippen LogP contribution in [0.5, 0.6) is 0 Å². The third-order valence-electron chi connectivity index (χ3n) is 2.84. The second-order valence-corrected chi connectivity index (χ2v) is 5.78. The molecular weight excluding hydrogens is 268 g/mol. The number of carbonyl (C=O) groups excluding carboxylic acids is 1. The van der Waals surface area contributed by atoms with Crippen LogP contribution in [0.1, 0.15) is 31.7 Å². The molecule has 1 rings (SSSR count). The SMILES string of the molecule is CC[C@@H](C)c1ccc(S(=O)(=O)NNC(=O)OC)cc1. The van der Waals surface area contributed by atoms with Gasteiger partial charge in [0.15, 0.2) is 0 Å². The molecule has 0 aliphatic carbocycles. The second-order valence-electron chi connectivity index (χ2n) is 4.10. The molecule has 2 N–H and O–H groups in total. The number of nitrogens with one attached hydrogen (secondary N) is 2. The van der Waals surface area contributed by atoms with Crippen LogP contribution in [-0.2, 0) is 14.8 Å². The Kier molecular flexibility index (Phi) is 5.31. The number of methoxy groups -OCH3 is 1. The van der Waals surface area contributed by atoms with E-state index < -0.39 is 16.1 Å². The van der Waals surface area contributed by atoms with Gasteiger partial charge in [-0.05, 0) is 30.0 Å². The van der Waals surface area contributed by atoms with E-state index in [0.717, 1.165) is 19.1 Å². The van der Waals surface area contributed by atoms with Gasteiger partial charge < -0.3 is 4.74 Å². The maximum absolute atomic E-state index is 11.8. The molecule has 6 nitrogen and oxygen atoms in total. The molecule has 1 aromatic rings. The summed E-state index contributed by atoms with van der Waals surface area (Å²) in [7, 11) is -2.63. The first-order valence-electron chi connectivity index (χ1n) is 5.86. The summed E-state index contributed by atoms with van der Waals surface area (Å²) in [6, 6.07) is 6.54. The lowest BCUT2D eigenvalue weighted by Gasteiger charge is -2.11. The van der Waals surface area contributed by atoms with Crippen molar-refractivity contribution < 1.29 is 17.9 Å². The average Bonchev–Trinajstić information content (AvgIpc) is 2.44. The summed E-state index contributed by atoms with van der Waals surface area (Å²) in [6.45, 7) is 4.14. The van der Waals surface area contributed by atoms with Gasteiger partial charge >= 0.3 is 6.09 Å². The summed E-state index contributed by atoms with van der Waals surface area (Å²) in [4.78, 5) is 12.8. The number of amides is 1. The van der Waals surface area contributed by atoms with Crippen LogP contribution in [0.15, 0.2) is 29.2 Å². The van der Waals surface area contributed by atoms with Crippen molar-refractivity contribution in [2.24, 2.45) is 0 Å². The highest BCUT2D eigenvalue weighted by Crippen LogP contribution is 2.20. The Balaban J connectivity index is 2.82. The largest absolute Gasteiger partial charge is 0.452 e. The smallest absolute Gasteiger partial charge is 0.422 e. The van der Waals surface area contributed by atoms with Gasteiger partial charge in [-0.3, -0.25) is 0 Å². The first-order chi connectivity index (χ1) is 8.90. The minimum atomic E-state index is -3.78. The maximum atomic E-state index is 11.8. The van der Waals surface area contributed by atoms with Gasteiger partial charge in [0.25, 0.3) is 10.0 Å². The van der Waals surface area contributed by atoms with Gasteiger partial charge in [0.05, 0.1) is 12.0 Å². The molecule has 1 atom stereocenters. The molecule has 0 heterocycles. The van der Waals surface area contributed by atoms with Crippen LogP contribution >= 0.6 is 0 Å². The van der Waals surface area contributed by atoms with Gasteiger partial charge in [0, 0.05) is 0 Å². The molecule has 0 unspecified atom stereocenters. The van der Waals surface area contributed by atoms with E-state index in [2.05, 4.69) is 18.6 Å². The standard InChI is InChI=1S/C12H18N2O4S/c1-4-9(2)10-5-7-11(8-6-10)19(16,17)14-13-12(15)18-3/h5-9,14H,4H2,1-3H3,(H,13,15)/t9-/m1/s1. The minimum absolute atomic E-state index is 0.0796. The molecule has 0 aliphatic rings. The highest BCUT2D eigenvalue weighted by Gasteiger charge is 2.15. The fraction of sp³-hybridized carbons (Fsp3) is 0.417. The van der Waals surface area contributed by atoms with Crippen LogP contribution in [0.3, 0.4) is 0 Å². The number of rotatable bonds is 5. The number of benzene rings is 1. The summed E-state index contributed by atoms with van der Waals surface area (Å²) in [5, 5.41) is 0. The monoisotopic (exact) mass is 286 g/mol. The molecule has 0 radical (unpaired) electrons. The van der Waals surface area contributed by atoms with E-state index in [1.165, 1.54) is 12.1 Å². The Morgan fingerprint density at radius 1 is 1.32 bits per heavy atom. The number of carbonyl (C=O) groups is 1. The van der Waals surface area contributed by atoms with Crippen molar-refractivity contribution in [3.05, 3.63) is 29.8 Å². The fourth-order valence-corrected chi connectivity index (χ4v) is 2.26. The fourth-order valence-electron chi connectivity index (χ4n) is 1.43. The van der Waals surface area contributed by atoms with E-state index in [0.29, 0.717) is 5.92 Å². The number of hydrogen-bond donors (Lipinski definition) is 2. The molecule has 0 aliphatic heterocycles. The first-order valence-corrected chi connectivity index (χ1v) is 7.34. The lowest BCUT2D eigenvalue weighted by atomic mass is 9.99. The Bertz CT molecular complexity index is 525. The number of ether oxygens (including phenoxy) is 1. The van der Waals surface area contributed by atoms with Gasteiger partial charge in [-0.15, -0.1) is 4.83 Å².